The molecule has 6 aromatic carbocycles. The Kier molecular flexibility index (Phi) is 9.32. The van der Waals surface area contributed by atoms with Gasteiger partial charge >= 0.3 is 239 Å². The van der Waals surface area contributed by atoms with Crippen molar-refractivity contribution in [1.29, 1.82) is 0 Å². The Balaban J connectivity index is 0.00000323. The van der Waals surface area contributed by atoms with Crippen LogP contribution >= 0.6 is 24.5 Å². The first-order chi connectivity index (χ1) is 19.3. The van der Waals surface area contributed by atoms with Gasteiger partial charge in [-0.25, -0.2) is 0 Å². The Hall–Kier alpha value is -3.04. The fourth-order valence-corrected chi connectivity index (χ4v) is 30.5. The van der Waals surface area contributed by atoms with Gasteiger partial charge < -0.3 is 0 Å². The van der Waals surface area contributed by atoms with Crippen LogP contribution in [0.25, 0.3) is 0 Å². The number of benzene rings is 6. The Morgan fingerprint density at radius 2 is 0.400 bits per heavy atom. The zero-order valence-corrected chi connectivity index (χ0v) is 25.8. The van der Waals surface area contributed by atoms with Crippen LogP contribution in [0.5, 0.6) is 0 Å². The van der Waals surface area contributed by atoms with Crippen LogP contribution in [-0.2, 0) is 13.6 Å². The topological polar surface area (TPSA) is 0 Å². The van der Waals surface area contributed by atoms with Gasteiger partial charge in [0.05, 0.1) is 0 Å². The normalized spacial score (nSPS) is 12.3. The van der Waals surface area contributed by atoms with E-state index < -0.39 is 12.1 Å². The minimum atomic E-state index is -2.61. The van der Waals surface area contributed by atoms with Gasteiger partial charge in [-0.1, -0.05) is 0 Å². The van der Waals surface area contributed by atoms with Crippen LogP contribution in [0.3, 0.4) is 0 Å². The van der Waals surface area contributed by atoms with E-state index in [1.807, 2.05) is 13.6 Å². The van der Waals surface area contributed by atoms with Crippen molar-refractivity contribution in [2.75, 3.05) is 0 Å². The molecule has 0 unspecified atom stereocenters. The Morgan fingerprint density at radius 3 is 0.550 bits per heavy atom. The van der Waals surface area contributed by atoms with Crippen molar-refractivity contribution in [1.82, 2.24) is 0 Å². The van der Waals surface area contributed by atoms with E-state index in [9.17, 15) is 0 Å². The van der Waals surface area contributed by atoms with Gasteiger partial charge in [-0.05, 0) is 0 Å². The Morgan fingerprint density at radius 1 is 0.250 bits per heavy atom. The maximum absolute atomic E-state index is 2.61. The number of rotatable bonds is 8. The molecule has 0 aliphatic heterocycles. The van der Waals surface area contributed by atoms with Gasteiger partial charge in [-0.15, -0.1) is 12.4 Å². The first kappa shape index (κ1) is 28.5. The van der Waals surface area contributed by atoms with Crippen LogP contribution in [0, 0.1) is 0 Å². The van der Waals surface area contributed by atoms with Crippen LogP contribution < -0.4 is 31.8 Å². The Bertz CT molecular complexity index is 1280. The van der Waals surface area contributed by atoms with Crippen LogP contribution in [-0.4, -0.2) is 0 Å². The maximum atomic E-state index is 2.37. The van der Waals surface area contributed by atoms with E-state index in [-0.39, 0.29) is 12.4 Å². The molecule has 0 heterocycles. The number of hydrogen-bond donors (Lipinski definition) is 0. The molecular weight excluding hydrogens is 588 g/mol. The van der Waals surface area contributed by atoms with Crippen LogP contribution in [0.15, 0.2) is 182 Å². The molecule has 0 amide bonds. The molecule has 6 rings (SSSR count). The molecule has 0 aliphatic rings. The molecule has 0 radical (unpaired) electrons. The van der Waals surface area contributed by atoms with Gasteiger partial charge in [0.25, 0.3) is 0 Å². The fraction of sp³-hybridized carbons (Fsp3) is 0. The van der Waals surface area contributed by atoms with Gasteiger partial charge in [0.2, 0.25) is 0 Å². The summed E-state index contributed by atoms with van der Waals surface area (Å²) in [6.07, 6.45) is 0. The zero-order valence-electron chi connectivity index (χ0n) is 22.0. The molecule has 0 saturated carbocycles. The van der Waals surface area contributed by atoms with E-state index in [1.165, 1.54) is 31.8 Å². The summed E-state index contributed by atoms with van der Waals surface area (Å²) in [5, 5.41) is 8.59. The zero-order chi connectivity index (χ0) is 26.4. The van der Waals surface area contributed by atoms with Crippen molar-refractivity contribution >= 4 is 56.3 Å². The van der Waals surface area contributed by atoms with Crippen molar-refractivity contribution in [3.8, 4) is 0 Å². The summed E-state index contributed by atoms with van der Waals surface area (Å²) in [5.74, 6) is 0. The SMILES string of the molecule is Cl.c1ccc([PH]([Ni][PH](c2ccccc2)(c2ccccc2)c2ccccc2)(c2ccccc2)c2ccccc2)cc1. The summed E-state index contributed by atoms with van der Waals surface area (Å²) < 4.78 is 0. The van der Waals surface area contributed by atoms with Gasteiger partial charge in [0.1, 0.15) is 0 Å². The minimum absolute atomic E-state index is 0. The molecule has 0 N–H and O–H groups in total. The van der Waals surface area contributed by atoms with Gasteiger partial charge in [0.15, 0.2) is 0 Å². The third-order valence-corrected chi connectivity index (χ3v) is 27.4. The molecule has 0 bridgehead atoms. The molecule has 0 saturated heterocycles. The van der Waals surface area contributed by atoms with E-state index in [4.69, 9.17) is 0 Å². The monoisotopic (exact) mass is 620 g/mol. The first-order valence-corrected chi connectivity index (χ1v) is 19.9. The molecule has 40 heavy (non-hydrogen) atoms. The predicted molar refractivity (Wildman–Crippen MR) is 180 cm³/mol. The Labute approximate surface area is 250 Å². The summed E-state index contributed by atoms with van der Waals surface area (Å²) in [6, 6.07) is 62.6. The molecule has 0 aromatic heterocycles. The third kappa shape index (κ3) is 5.33. The van der Waals surface area contributed by atoms with Gasteiger partial charge in [-0.2, -0.15) is 0 Å². The molecule has 0 atom stereocenters. The molecule has 0 nitrogen and oxygen atoms in total. The van der Waals surface area contributed by atoms with E-state index in [2.05, 4.69) is 182 Å². The molecule has 0 aliphatic carbocycles. The van der Waals surface area contributed by atoms with Gasteiger partial charge in [0, 0.05) is 0 Å². The van der Waals surface area contributed by atoms with E-state index in [0.29, 0.717) is 0 Å². The summed E-state index contributed by atoms with van der Waals surface area (Å²) in [5.41, 5.74) is 0. The summed E-state index contributed by atoms with van der Waals surface area (Å²) >= 11 is 1.98. The molecule has 4 heteroatoms. The molecular formula is C36H33ClNiP2. The van der Waals surface area contributed by atoms with Crippen molar-refractivity contribution in [2.24, 2.45) is 0 Å². The first-order valence-electron chi connectivity index (χ1n) is 13.3. The van der Waals surface area contributed by atoms with Crippen molar-refractivity contribution < 1.29 is 13.6 Å². The average Bonchev–Trinajstić information content (AvgIpc) is 3.04. The molecule has 0 fully saturated rings. The van der Waals surface area contributed by atoms with Crippen LogP contribution in [0.4, 0.5) is 0 Å². The second-order valence-corrected chi connectivity index (χ2v) is 22.7. The quantitative estimate of drug-likeness (QED) is 0.130. The van der Waals surface area contributed by atoms with Crippen LogP contribution in [0.2, 0.25) is 0 Å². The average molecular weight is 622 g/mol. The van der Waals surface area contributed by atoms with E-state index in [0.717, 1.165) is 0 Å². The summed E-state index contributed by atoms with van der Waals surface area (Å²) in [6.45, 7) is 0. The van der Waals surface area contributed by atoms with Crippen molar-refractivity contribution in [3.63, 3.8) is 0 Å². The van der Waals surface area contributed by atoms with Crippen molar-refractivity contribution in [2.45, 2.75) is 0 Å². The molecule has 204 valence electrons. The second-order valence-electron chi connectivity index (χ2n) is 9.50. The third-order valence-electron chi connectivity index (χ3n) is 7.16. The van der Waals surface area contributed by atoms with Crippen molar-refractivity contribution in [3.05, 3.63) is 182 Å². The predicted octanol–water partition coefficient (Wildman–Crippen LogP) is 6.77. The molecule has 6 aromatic rings. The number of hydrogen-bond acceptors (Lipinski definition) is 0. The van der Waals surface area contributed by atoms with E-state index >= 15 is 0 Å². The fourth-order valence-electron chi connectivity index (χ4n) is 5.40. The standard InChI is InChI=1S/2C18H15P.ClH.Ni/c2*1-4-10-16(11-5-1)19(17-12-6-2-7-13-17)18-14-8-3-9-15-18;;/h2*1-15H;1H;/q;;;-2/p+2. The van der Waals surface area contributed by atoms with Crippen LogP contribution in [0.1, 0.15) is 0 Å². The second kappa shape index (κ2) is 13.1. The van der Waals surface area contributed by atoms with Gasteiger partial charge in [-0.3, -0.25) is 0 Å². The number of halogens is 1. The van der Waals surface area contributed by atoms with E-state index in [1.54, 1.807) is 0 Å². The summed E-state index contributed by atoms with van der Waals surface area (Å²) in [7, 11) is 0. The molecule has 0 spiro atoms. The summed E-state index contributed by atoms with van der Waals surface area (Å²) in [4.78, 5) is 0.